The Labute approximate surface area is 194 Å². The minimum absolute atomic E-state index is 0.159. The normalized spacial score (nSPS) is 36.1. The topological polar surface area (TPSA) is 282 Å². The highest BCUT2D eigenvalue weighted by Gasteiger charge is 2.46. The molecule has 0 aliphatic carbocycles. The van der Waals surface area contributed by atoms with Gasteiger partial charge in [-0.2, -0.15) is 4.98 Å². The molecule has 0 bridgehead atoms. The van der Waals surface area contributed by atoms with Crippen LogP contribution in [0.5, 0.6) is 0 Å². The first kappa shape index (κ1) is 26.0. The third-order valence-electron chi connectivity index (χ3n) is 5.62. The molecule has 0 radical (unpaired) electrons. The van der Waals surface area contributed by atoms with Crippen LogP contribution in [0.2, 0.25) is 0 Å². The third kappa shape index (κ3) is 5.10. The van der Waals surface area contributed by atoms with E-state index in [1.807, 2.05) is 0 Å². The van der Waals surface area contributed by atoms with Crippen LogP contribution in [-0.4, -0.2) is 122 Å². The summed E-state index contributed by atoms with van der Waals surface area (Å²) >= 11 is 0. The number of anilines is 1. The summed E-state index contributed by atoms with van der Waals surface area (Å²) in [5, 5.41) is 62.5. The molecule has 19 heteroatoms. The van der Waals surface area contributed by atoms with Crippen LogP contribution >= 0.6 is 7.82 Å². The highest BCUT2D eigenvalue weighted by Crippen LogP contribution is 2.38. The molecular weight excluding hydrogens is 501 g/mol. The van der Waals surface area contributed by atoms with Crippen molar-refractivity contribution in [2.75, 3.05) is 18.5 Å². The van der Waals surface area contributed by atoms with Crippen molar-refractivity contribution in [1.29, 1.82) is 0 Å². The number of H-pyrrole nitrogens is 1. The molecule has 2 aliphatic rings. The van der Waals surface area contributed by atoms with Gasteiger partial charge in [0.25, 0.3) is 5.56 Å². The Morgan fingerprint density at radius 1 is 1.06 bits per heavy atom. The standard InChI is InChI=1S/C16H24N5O13P/c22-1-4-7(23)9(25)10(26)14(33-4)20-16-18-12-6(13(28)19-16)17-3-21(12)15-11(27)8(24)5(34-15)2-32-35(29,30)31/h3-5,7-11,14-15,22-27H,1-2H2,(H2,29,30,31)(H2,18,19,20,28)/t4-,5-,7-,8-,9+,10-,11-,14-,15-/m1/s1. The molecule has 2 fully saturated rings. The minimum Gasteiger partial charge on any atom is -0.394 e. The summed E-state index contributed by atoms with van der Waals surface area (Å²) in [5.74, 6) is -0.289. The zero-order valence-corrected chi connectivity index (χ0v) is 18.5. The smallest absolute Gasteiger partial charge is 0.394 e. The van der Waals surface area contributed by atoms with Gasteiger partial charge < -0.3 is 55.2 Å². The average Bonchev–Trinajstić information content (AvgIpc) is 3.33. The number of aliphatic hydroxyl groups excluding tert-OH is 6. The quantitative estimate of drug-likeness (QED) is 0.152. The van der Waals surface area contributed by atoms with E-state index in [4.69, 9.17) is 19.3 Å². The number of phosphoric ester groups is 1. The molecule has 196 valence electrons. The molecule has 9 atom stereocenters. The van der Waals surface area contributed by atoms with E-state index in [0.29, 0.717) is 0 Å². The first-order valence-corrected chi connectivity index (χ1v) is 11.7. The summed E-state index contributed by atoms with van der Waals surface area (Å²) in [6.07, 6.45) is -12.5. The first-order chi connectivity index (χ1) is 16.4. The van der Waals surface area contributed by atoms with Crippen LogP contribution in [0.4, 0.5) is 5.95 Å². The molecule has 0 aromatic carbocycles. The van der Waals surface area contributed by atoms with Crippen LogP contribution in [0.15, 0.2) is 11.1 Å². The second-order valence-corrected chi connectivity index (χ2v) is 9.20. The van der Waals surface area contributed by atoms with Gasteiger partial charge in [-0.25, -0.2) is 9.55 Å². The molecule has 4 heterocycles. The number of fused-ring (bicyclic) bond motifs is 1. The number of hydrogen-bond donors (Lipinski definition) is 10. The molecule has 35 heavy (non-hydrogen) atoms. The van der Waals surface area contributed by atoms with Crippen LogP contribution in [0.25, 0.3) is 11.2 Å². The van der Waals surface area contributed by atoms with Gasteiger partial charge in [0, 0.05) is 0 Å². The molecule has 0 unspecified atom stereocenters. The Kier molecular flexibility index (Phi) is 7.26. The lowest BCUT2D eigenvalue weighted by Gasteiger charge is -2.40. The van der Waals surface area contributed by atoms with Crippen molar-refractivity contribution in [3.05, 3.63) is 16.7 Å². The van der Waals surface area contributed by atoms with Crippen molar-refractivity contribution < 1.29 is 59.0 Å². The lowest BCUT2D eigenvalue weighted by molar-refractivity contribution is -0.221. The molecule has 0 saturated carbocycles. The van der Waals surface area contributed by atoms with E-state index in [9.17, 15) is 40.0 Å². The number of imidazole rings is 1. The predicted molar refractivity (Wildman–Crippen MR) is 109 cm³/mol. The van der Waals surface area contributed by atoms with Crippen molar-refractivity contribution in [1.82, 2.24) is 19.5 Å². The van der Waals surface area contributed by atoms with Gasteiger partial charge >= 0.3 is 7.82 Å². The number of phosphoric acid groups is 1. The number of aromatic nitrogens is 4. The molecular formula is C16H24N5O13P. The summed E-state index contributed by atoms with van der Waals surface area (Å²) in [4.78, 5) is 40.6. The van der Waals surface area contributed by atoms with E-state index >= 15 is 0 Å². The van der Waals surface area contributed by atoms with Crippen LogP contribution in [-0.2, 0) is 18.6 Å². The maximum absolute atomic E-state index is 12.5. The largest absolute Gasteiger partial charge is 0.469 e. The fourth-order valence-corrected chi connectivity index (χ4v) is 4.14. The third-order valence-corrected chi connectivity index (χ3v) is 6.11. The van der Waals surface area contributed by atoms with E-state index in [-0.39, 0.29) is 17.1 Å². The summed E-state index contributed by atoms with van der Waals surface area (Å²) in [6, 6.07) is 0. The number of hydrogen-bond acceptors (Lipinski definition) is 14. The number of aliphatic hydroxyl groups is 6. The van der Waals surface area contributed by atoms with Crippen LogP contribution < -0.4 is 10.9 Å². The Morgan fingerprint density at radius 3 is 2.40 bits per heavy atom. The van der Waals surface area contributed by atoms with Crippen molar-refractivity contribution in [2.24, 2.45) is 0 Å². The molecule has 2 aliphatic heterocycles. The number of ether oxygens (including phenoxy) is 2. The Hall–Kier alpha value is -2.06. The Balaban J connectivity index is 1.60. The number of rotatable bonds is 7. The summed E-state index contributed by atoms with van der Waals surface area (Å²) in [6.45, 7) is -1.42. The zero-order chi connectivity index (χ0) is 25.7. The van der Waals surface area contributed by atoms with Gasteiger partial charge in [0.1, 0.15) is 42.7 Å². The van der Waals surface area contributed by atoms with E-state index in [1.54, 1.807) is 0 Å². The van der Waals surface area contributed by atoms with E-state index in [1.165, 1.54) is 0 Å². The van der Waals surface area contributed by atoms with Gasteiger partial charge in [0.15, 0.2) is 23.6 Å². The monoisotopic (exact) mass is 525 g/mol. The van der Waals surface area contributed by atoms with Gasteiger partial charge in [-0.05, 0) is 0 Å². The van der Waals surface area contributed by atoms with Crippen molar-refractivity contribution in [3.8, 4) is 0 Å². The second-order valence-electron chi connectivity index (χ2n) is 7.97. The zero-order valence-electron chi connectivity index (χ0n) is 17.6. The molecule has 18 nitrogen and oxygen atoms in total. The molecule has 4 rings (SSSR count). The summed E-state index contributed by atoms with van der Waals surface area (Å²) in [5.41, 5.74) is -1.13. The van der Waals surface area contributed by atoms with E-state index in [0.717, 1.165) is 10.9 Å². The van der Waals surface area contributed by atoms with E-state index in [2.05, 4.69) is 24.8 Å². The lowest BCUT2D eigenvalue weighted by Crippen LogP contribution is -2.60. The molecule has 10 N–H and O–H groups in total. The summed E-state index contributed by atoms with van der Waals surface area (Å²) in [7, 11) is -4.87. The number of aromatic amines is 1. The molecule has 0 spiro atoms. The van der Waals surface area contributed by atoms with Gasteiger partial charge in [-0.3, -0.25) is 18.9 Å². The SMILES string of the molecule is O=c1[nH]c(N[C@@H]2O[C@H](CO)[C@@H](O)[C@H](O)[C@H]2O)nc2c1ncn2[C@@H]1O[C@H](COP(=O)(O)O)[C@@H](O)[C@H]1O. The Bertz CT molecular complexity index is 1150. The maximum Gasteiger partial charge on any atom is 0.469 e. The van der Waals surface area contributed by atoms with Crippen LogP contribution in [0.3, 0.4) is 0 Å². The van der Waals surface area contributed by atoms with Gasteiger partial charge in [-0.1, -0.05) is 0 Å². The fourth-order valence-electron chi connectivity index (χ4n) is 3.80. The van der Waals surface area contributed by atoms with Crippen LogP contribution in [0.1, 0.15) is 6.23 Å². The predicted octanol–water partition coefficient (Wildman–Crippen LogP) is -4.94. The molecule has 0 amide bonds. The fraction of sp³-hybridized carbons (Fsp3) is 0.688. The van der Waals surface area contributed by atoms with E-state index < -0.39 is 81.8 Å². The van der Waals surface area contributed by atoms with Gasteiger partial charge in [0.2, 0.25) is 5.95 Å². The Morgan fingerprint density at radius 2 is 1.74 bits per heavy atom. The summed E-state index contributed by atoms with van der Waals surface area (Å²) < 4.78 is 27.1. The van der Waals surface area contributed by atoms with Gasteiger partial charge in [0.05, 0.1) is 19.5 Å². The minimum atomic E-state index is -4.87. The van der Waals surface area contributed by atoms with Crippen molar-refractivity contribution >= 4 is 24.9 Å². The molecule has 2 aromatic rings. The van der Waals surface area contributed by atoms with Crippen molar-refractivity contribution in [2.45, 2.75) is 55.2 Å². The molecule has 2 saturated heterocycles. The number of nitrogens with zero attached hydrogens (tertiary/aromatic N) is 3. The lowest BCUT2D eigenvalue weighted by atomic mass is 9.98. The average molecular weight is 525 g/mol. The highest BCUT2D eigenvalue weighted by atomic mass is 31.2. The number of nitrogens with one attached hydrogen (secondary N) is 2. The van der Waals surface area contributed by atoms with Crippen molar-refractivity contribution in [3.63, 3.8) is 0 Å². The van der Waals surface area contributed by atoms with Crippen LogP contribution in [0, 0.1) is 0 Å². The maximum atomic E-state index is 12.5. The first-order valence-electron chi connectivity index (χ1n) is 10.2. The highest BCUT2D eigenvalue weighted by molar-refractivity contribution is 7.46. The molecule has 2 aromatic heterocycles. The van der Waals surface area contributed by atoms with Gasteiger partial charge in [-0.15, -0.1) is 0 Å². The second kappa shape index (κ2) is 9.77.